The molecule has 0 unspecified atom stereocenters. The van der Waals surface area contributed by atoms with Gasteiger partial charge >= 0.3 is 0 Å². The van der Waals surface area contributed by atoms with Crippen LogP contribution in [0.4, 0.5) is 0 Å². The predicted octanol–water partition coefficient (Wildman–Crippen LogP) is 3.23. The summed E-state index contributed by atoms with van der Waals surface area (Å²) in [4.78, 5) is 10.1. The van der Waals surface area contributed by atoms with Crippen molar-refractivity contribution in [2.45, 2.75) is 38.9 Å². The Labute approximate surface area is 154 Å². The summed E-state index contributed by atoms with van der Waals surface area (Å²) in [6.45, 7) is 10.4. The monoisotopic (exact) mass is 442 g/mol. The van der Waals surface area contributed by atoms with E-state index >= 15 is 0 Å². The van der Waals surface area contributed by atoms with Gasteiger partial charge in [0.25, 0.3) is 0 Å². The SMILES string of the molecule is CN=C(NCCc1nc(C)c(C)s1)NCC(C)(C)SC.I. The molecule has 122 valence electrons. The Balaban J connectivity index is 0.00000400. The molecule has 7 heteroatoms. The van der Waals surface area contributed by atoms with Gasteiger partial charge in [-0.1, -0.05) is 0 Å². The lowest BCUT2D eigenvalue weighted by Crippen LogP contribution is -2.43. The first-order chi connectivity index (χ1) is 9.38. The van der Waals surface area contributed by atoms with E-state index < -0.39 is 0 Å². The third kappa shape index (κ3) is 7.69. The number of nitrogens with zero attached hydrogens (tertiary/aromatic N) is 2. The molecular formula is C14H27IN4S2. The number of hydrogen-bond acceptors (Lipinski definition) is 4. The number of aryl methyl sites for hydroxylation is 2. The summed E-state index contributed by atoms with van der Waals surface area (Å²) in [7, 11) is 1.80. The number of rotatable bonds is 6. The van der Waals surface area contributed by atoms with Crippen LogP contribution in [0, 0.1) is 13.8 Å². The molecule has 0 amide bonds. The maximum atomic E-state index is 4.55. The molecule has 0 atom stereocenters. The van der Waals surface area contributed by atoms with Crippen molar-refractivity contribution >= 4 is 53.0 Å². The van der Waals surface area contributed by atoms with Crippen molar-refractivity contribution < 1.29 is 0 Å². The molecule has 2 N–H and O–H groups in total. The van der Waals surface area contributed by atoms with Crippen LogP contribution in [0.3, 0.4) is 0 Å². The van der Waals surface area contributed by atoms with Gasteiger partial charge < -0.3 is 10.6 Å². The molecule has 0 saturated carbocycles. The number of aliphatic imine (C=N–C) groups is 1. The maximum absolute atomic E-state index is 4.55. The summed E-state index contributed by atoms with van der Waals surface area (Å²) in [5.41, 5.74) is 1.15. The van der Waals surface area contributed by atoms with Crippen molar-refractivity contribution in [3.63, 3.8) is 0 Å². The maximum Gasteiger partial charge on any atom is 0.191 e. The van der Waals surface area contributed by atoms with E-state index in [0.29, 0.717) is 0 Å². The molecule has 0 spiro atoms. The Morgan fingerprint density at radius 2 is 2.00 bits per heavy atom. The van der Waals surface area contributed by atoms with Crippen molar-refractivity contribution in [1.82, 2.24) is 15.6 Å². The highest BCUT2D eigenvalue weighted by Gasteiger charge is 2.16. The second-order valence-electron chi connectivity index (χ2n) is 5.32. The standard InChI is InChI=1S/C14H26N4S2.HI/c1-10-11(2)20-12(18-10)7-8-16-13(15-5)17-9-14(3,4)19-6;/h7-9H2,1-6H3,(H2,15,16,17);1H. The fourth-order valence-corrected chi connectivity index (χ4v) is 2.67. The van der Waals surface area contributed by atoms with Gasteiger partial charge in [-0.15, -0.1) is 35.3 Å². The number of thioether (sulfide) groups is 1. The Morgan fingerprint density at radius 1 is 1.33 bits per heavy atom. The minimum absolute atomic E-state index is 0. The van der Waals surface area contributed by atoms with Crippen molar-refractivity contribution in [2.75, 3.05) is 26.4 Å². The van der Waals surface area contributed by atoms with E-state index in [-0.39, 0.29) is 28.7 Å². The summed E-state index contributed by atoms with van der Waals surface area (Å²) >= 11 is 3.63. The topological polar surface area (TPSA) is 49.3 Å². The molecule has 1 heterocycles. The first-order valence-corrected chi connectivity index (χ1v) is 8.84. The average molecular weight is 442 g/mol. The molecule has 1 rings (SSSR count). The predicted molar refractivity (Wildman–Crippen MR) is 108 cm³/mol. The van der Waals surface area contributed by atoms with Crippen LogP contribution < -0.4 is 10.6 Å². The van der Waals surface area contributed by atoms with E-state index in [1.165, 1.54) is 9.88 Å². The van der Waals surface area contributed by atoms with Crippen LogP contribution in [0.5, 0.6) is 0 Å². The number of halogens is 1. The van der Waals surface area contributed by atoms with Gasteiger partial charge in [-0.2, -0.15) is 11.8 Å². The first-order valence-electron chi connectivity index (χ1n) is 6.80. The molecule has 0 fully saturated rings. The number of aromatic nitrogens is 1. The molecule has 0 bridgehead atoms. The van der Waals surface area contributed by atoms with Crippen LogP contribution in [-0.4, -0.2) is 42.1 Å². The van der Waals surface area contributed by atoms with Gasteiger partial charge in [0.15, 0.2) is 5.96 Å². The normalized spacial score (nSPS) is 12.0. The van der Waals surface area contributed by atoms with E-state index in [0.717, 1.165) is 31.2 Å². The van der Waals surface area contributed by atoms with Crippen molar-refractivity contribution in [1.29, 1.82) is 0 Å². The highest BCUT2D eigenvalue weighted by molar-refractivity contribution is 14.0. The number of thiazole rings is 1. The third-order valence-electron chi connectivity index (χ3n) is 3.16. The lowest BCUT2D eigenvalue weighted by atomic mass is 10.2. The van der Waals surface area contributed by atoms with Crippen LogP contribution in [0.25, 0.3) is 0 Å². The highest BCUT2D eigenvalue weighted by Crippen LogP contribution is 2.19. The fraction of sp³-hybridized carbons (Fsp3) is 0.714. The van der Waals surface area contributed by atoms with Gasteiger partial charge in [0.05, 0.1) is 10.7 Å². The number of hydrogen-bond donors (Lipinski definition) is 2. The second kappa shape index (κ2) is 9.89. The van der Waals surface area contributed by atoms with E-state index in [1.54, 1.807) is 18.4 Å². The molecular weight excluding hydrogens is 415 g/mol. The third-order valence-corrected chi connectivity index (χ3v) is 5.54. The lowest BCUT2D eigenvalue weighted by molar-refractivity contribution is 0.664. The summed E-state index contributed by atoms with van der Waals surface area (Å²) < 4.78 is 0.209. The van der Waals surface area contributed by atoms with Crippen LogP contribution >= 0.6 is 47.1 Å². The smallest absolute Gasteiger partial charge is 0.191 e. The molecule has 1 aromatic heterocycles. The molecule has 1 aromatic rings. The van der Waals surface area contributed by atoms with Crippen LogP contribution in [0.2, 0.25) is 0 Å². The molecule has 0 aliphatic rings. The zero-order chi connectivity index (χ0) is 15.2. The first kappa shape index (κ1) is 21.0. The molecule has 0 aromatic carbocycles. The molecule has 21 heavy (non-hydrogen) atoms. The van der Waals surface area contributed by atoms with E-state index in [1.807, 2.05) is 11.8 Å². The summed E-state index contributed by atoms with van der Waals surface area (Å²) in [6, 6.07) is 0. The fourth-order valence-electron chi connectivity index (χ4n) is 1.52. The molecule has 0 aliphatic heterocycles. The molecule has 0 radical (unpaired) electrons. The van der Waals surface area contributed by atoms with Crippen LogP contribution in [-0.2, 0) is 6.42 Å². The van der Waals surface area contributed by atoms with Gasteiger partial charge in [0.1, 0.15) is 0 Å². The zero-order valence-corrected chi connectivity index (χ0v) is 17.7. The quantitative estimate of drug-likeness (QED) is 0.404. The summed E-state index contributed by atoms with van der Waals surface area (Å²) in [6.07, 6.45) is 3.07. The average Bonchev–Trinajstić information content (AvgIpc) is 2.72. The summed E-state index contributed by atoms with van der Waals surface area (Å²) in [5, 5.41) is 7.89. The van der Waals surface area contributed by atoms with E-state index in [2.05, 4.69) is 54.6 Å². The van der Waals surface area contributed by atoms with Gasteiger partial charge in [-0.25, -0.2) is 4.98 Å². The Bertz CT molecular complexity index is 438. The Kier molecular flexibility index (Phi) is 9.88. The van der Waals surface area contributed by atoms with Crippen molar-refractivity contribution in [2.24, 2.45) is 4.99 Å². The lowest BCUT2D eigenvalue weighted by Gasteiger charge is -2.23. The minimum atomic E-state index is 0. The number of guanidine groups is 1. The second-order valence-corrected chi connectivity index (χ2v) is 8.12. The van der Waals surface area contributed by atoms with E-state index in [9.17, 15) is 0 Å². The van der Waals surface area contributed by atoms with Gasteiger partial charge in [-0.05, 0) is 34.0 Å². The van der Waals surface area contributed by atoms with Crippen molar-refractivity contribution in [3.8, 4) is 0 Å². The Hall–Kier alpha value is -0.0200. The number of nitrogens with one attached hydrogen (secondary N) is 2. The van der Waals surface area contributed by atoms with Gasteiger partial charge in [0.2, 0.25) is 0 Å². The van der Waals surface area contributed by atoms with Crippen LogP contribution in [0.1, 0.15) is 29.4 Å². The minimum Gasteiger partial charge on any atom is -0.356 e. The highest BCUT2D eigenvalue weighted by atomic mass is 127. The largest absolute Gasteiger partial charge is 0.356 e. The zero-order valence-electron chi connectivity index (χ0n) is 13.7. The van der Waals surface area contributed by atoms with Gasteiger partial charge in [-0.3, -0.25) is 4.99 Å². The molecule has 4 nitrogen and oxygen atoms in total. The van der Waals surface area contributed by atoms with E-state index in [4.69, 9.17) is 0 Å². The van der Waals surface area contributed by atoms with Gasteiger partial charge in [0, 0.05) is 36.2 Å². The van der Waals surface area contributed by atoms with Crippen LogP contribution in [0.15, 0.2) is 4.99 Å². The van der Waals surface area contributed by atoms with Crippen molar-refractivity contribution in [3.05, 3.63) is 15.6 Å². The Morgan fingerprint density at radius 3 is 2.48 bits per heavy atom. The molecule has 0 aliphatic carbocycles. The molecule has 0 saturated heterocycles. The summed E-state index contributed by atoms with van der Waals surface area (Å²) in [5.74, 6) is 0.858.